The highest BCUT2D eigenvalue weighted by Gasteiger charge is 2.07. The van der Waals surface area contributed by atoms with Crippen LogP contribution in [0.2, 0.25) is 0 Å². The number of guanidine groups is 1. The molecule has 0 amide bonds. The summed E-state index contributed by atoms with van der Waals surface area (Å²) in [5.74, 6) is 1.11. The highest BCUT2D eigenvalue weighted by atomic mass is 127. The quantitative estimate of drug-likeness (QED) is 0.362. The molecule has 2 N–H and O–H groups in total. The van der Waals surface area contributed by atoms with Crippen molar-refractivity contribution in [3.8, 4) is 5.75 Å². The minimum atomic E-state index is -0.270. The molecule has 0 aliphatic rings. The zero-order valence-electron chi connectivity index (χ0n) is 14.6. The molecule has 2 aromatic rings. The molecule has 25 heavy (non-hydrogen) atoms. The number of aromatic nitrogens is 1. The van der Waals surface area contributed by atoms with Gasteiger partial charge in [0.15, 0.2) is 5.96 Å². The summed E-state index contributed by atoms with van der Waals surface area (Å²) in [5, 5.41) is 6.47. The number of rotatable bonds is 7. The summed E-state index contributed by atoms with van der Waals surface area (Å²) >= 11 is 1.61. The Labute approximate surface area is 169 Å². The van der Waals surface area contributed by atoms with E-state index in [0.29, 0.717) is 18.8 Å². The first-order valence-electron chi connectivity index (χ1n) is 7.92. The van der Waals surface area contributed by atoms with Crippen LogP contribution >= 0.6 is 35.3 Å². The van der Waals surface area contributed by atoms with Gasteiger partial charge in [-0.25, -0.2) is 14.4 Å². The number of hydrogen-bond acceptors (Lipinski definition) is 4. The van der Waals surface area contributed by atoms with E-state index in [1.54, 1.807) is 23.5 Å². The normalized spacial score (nSPS) is 12.2. The molecule has 0 radical (unpaired) electrons. The molecule has 0 saturated carbocycles. The summed E-state index contributed by atoms with van der Waals surface area (Å²) in [6.07, 6.45) is -0.0792. The van der Waals surface area contributed by atoms with Gasteiger partial charge in [-0.05, 0) is 45.0 Å². The van der Waals surface area contributed by atoms with Gasteiger partial charge in [0.1, 0.15) is 17.7 Å². The van der Waals surface area contributed by atoms with Crippen LogP contribution in [-0.2, 0) is 6.54 Å². The van der Waals surface area contributed by atoms with Crippen molar-refractivity contribution in [1.82, 2.24) is 15.6 Å². The largest absolute Gasteiger partial charge is 0.489 e. The molecule has 2 rings (SSSR count). The van der Waals surface area contributed by atoms with Crippen molar-refractivity contribution >= 4 is 41.3 Å². The Kier molecular flexibility index (Phi) is 9.73. The van der Waals surface area contributed by atoms with E-state index in [1.807, 2.05) is 26.3 Å². The van der Waals surface area contributed by atoms with E-state index in [0.717, 1.165) is 23.1 Å². The topological polar surface area (TPSA) is 58.5 Å². The molecule has 5 nitrogen and oxygen atoms in total. The summed E-state index contributed by atoms with van der Waals surface area (Å²) in [5.41, 5.74) is 2.85. The molecule has 1 atom stereocenters. The van der Waals surface area contributed by atoms with E-state index in [2.05, 4.69) is 20.6 Å². The number of benzene rings is 1. The zero-order chi connectivity index (χ0) is 17.4. The van der Waals surface area contributed by atoms with Crippen LogP contribution in [0.1, 0.15) is 24.4 Å². The number of thiazole rings is 1. The van der Waals surface area contributed by atoms with Crippen molar-refractivity contribution in [3.05, 3.63) is 46.2 Å². The molecule has 1 heterocycles. The molecule has 0 aliphatic carbocycles. The molecule has 1 aromatic carbocycles. The van der Waals surface area contributed by atoms with E-state index in [-0.39, 0.29) is 35.9 Å². The SMILES string of the molecule is CCNC(=NCc1scnc1C)NCC(C)Oc1ccc(F)cc1.I. The third kappa shape index (κ3) is 7.55. The molecule has 0 aliphatic heterocycles. The zero-order valence-corrected chi connectivity index (χ0v) is 17.7. The molecule has 1 unspecified atom stereocenters. The molecule has 0 saturated heterocycles. The van der Waals surface area contributed by atoms with Crippen LogP contribution < -0.4 is 15.4 Å². The first-order chi connectivity index (χ1) is 11.6. The minimum Gasteiger partial charge on any atom is -0.489 e. The Morgan fingerprint density at radius 1 is 1.32 bits per heavy atom. The van der Waals surface area contributed by atoms with Crippen LogP contribution in [-0.4, -0.2) is 30.1 Å². The summed E-state index contributed by atoms with van der Waals surface area (Å²) < 4.78 is 18.6. The van der Waals surface area contributed by atoms with Crippen LogP contribution in [0.25, 0.3) is 0 Å². The molecule has 1 aromatic heterocycles. The van der Waals surface area contributed by atoms with E-state index in [1.165, 1.54) is 12.1 Å². The van der Waals surface area contributed by atoms with Crippen molar-refractivity contribution < 1.29 is 9.13 Å². The lowest BCUT2D eigenvalue weighted by atomic mass is 10.3. The smallest absolute Gasteiger partial charge is 0.191 e. The molecule has 0 bridgehead atoms. The second-order valence-corrected chi connectivity index (χ2v) is 6.26. The molecule has 0 fully saturated rings. The van der Waals surface area contributed by atoms with Gasteiger partial charge in [-0.2, -0.15) is 0 Å². The molecule has 138 valence electrons. The average molecular weight is 478 g/mol. The van der Waals surface area contributed by atoms with E-state index < -0.39 is 0 Å². The third-order valence-corrected chi connectivity index (χ3v) is 4.20. The maximum atomic E-state index is 12.9. The first-order valence-corrected chi connectivity index (χ1v) is 8.79. The van der Waals surface area contributed by atoms with Gasteiger partial charge < -0.3 is 15.4 Å². The van der Waals surface area contributed by atoms with Crippen LogP contribution in [0, 0.1) is 12.7 Å². The molecule has 8 heteroatoms. The Balaban J connectivity index is 0.00000312. The minimum absolute atomic E-state index is 0. The predicted octanol–water partition coefficient (Wildman–Crippen LogP) is 3.73. The fourth-order valence-electron chi connectivity index (χ4n) is 2.00. The van der Waals surface area contributed by atoms with Crippen molar-refractivity contribution in [2.45, 2.75) is 33.4 Å². The van der Waals surface area contributed by atoms with Gasteiger partial charge in [-0.3, -0.25) is 0 Å². The maximum Gasteiger partial charge on any atom is 0.191 e. The van der Waals surface area contributed by atoms with Crippen LogP contribution in [0.4, 0.5) is 4.39 Å². The number of aliphatic imine (C=N–C) groups is 1. The number of aryl methyl sites for hydroxylation is 1. The van der Waals surface area contributed by atoms with Crippen molar-refractivity contribution in [1.29, 1.82) is 0 Å². The third-order valence-electron chi connectivity index (χ3n) is 3.28. The second-order valence-electron chi connectivity index (χ2n) is 5.32. The van der Waals surface area contributed by atoms with Gasteiger partial charge in [0.2, 0.25) is 0 Å². The number of hydrogen-bond donors (Lipinski definition) is 2. The summed E-state index contributed by atoms with van der Waals surface area (Å²) in [6, 6.07) is 6.02. The highest BCUT2D eigenvalue weighted by molar-refractivity contribution is 14.0. The Morgan fingerprint density at radius 2 is 2.04 bits per heavy atom. The number of nitrogens with one attached hydrogen (secondary N) is 2. The lowest BCUT2D eigenvalue weighted by Crippen LogP contribution is -2.41. The predicted molar refractivity (Wildman–Crippen MR) is 112 cm³/mol. The second kappa shape index (κ2) is 11.2. The maximum absolute atomic E-state index is 12.9. The van der Waals surface area contributed by atoms with Crippen molar-refractivity contribution in [2.24, 2.45) is 4.99 Å². The van der Waals surface area contributed by atoms with Crippen LogP contribution in [0.5, 0.6) is 5.75 Å². The monoisotopic (exact) mass is 478 g/mol. The number of ether oxygens (including phenoxy) is 1. The lowest BCUT2D eigenvalue weighted by molar-refractivity contribution is 0.223. The number of nitrogens with zero attached hydrogens (tertiary/aromatic N) is 2. The molecular weight excluding hydrogens is 454 g/mol. The van der Waals surface area contributed by atoms with Crippen LogP contribution in [0.15, 0.2) is 34.8 Å². The highest BCUT2D eigenvalue weighted by Crippen LogP contribution is 2.13. The van der Waals surface area contributed by atoms with Gasteiger partial charge in [0, 0.05) is 11.4 Å². The average Bonchev–Trinajstić information content (AvgIpc) is 2.97. The van der Waals surface area contributed by atoms with Gasteiger partial charge >= 0.3 is 0 Å². The fraction of sp³-hybridized carbons (Fsp3) is 0.412. The van der Waals surface area contributed by atoms with Gasteiger partial charge in [-0.1, -0.05) is 0 Å². The van der Waals surface area contributed by atoms with Gasteiger partial charge in [-0.15, -0.1) is 35.3 Å². The van der Waals surface area contributed by atoms with Crippen molar-refractivity contribution in [3.63, 3.8) is 0 Å². The summed E-state index contributed by atoms with van der Waals surface area (Å²) in [7, 11) is 0. The Morgan fingerprint density at radius 3 is 2.64 bits per heavy atom. The molecule has 0 spiro atoms. The Hall–Kier alpha value is -1.42. The summed E-state index contributed by atoms with van der Waals surface area (Å²) in [6.45, 7) is 7.92. The Bertz CT molecular complexity index is 663. The van der Waals surface area contributed by atoms with Crippen LogP contribution in [0.3, 0.4) is 0 Å². The molecular formula is C17H24FIN4OS. The standard InChI is InChI=1S/C17H23FN4OS.HI/c1-4-19-17(21-10-16-13(3)22-11-24-16)20-9-12(2)23-15-7-5-14(18)6-8-15;/h5-8,11-12H,4,9-10H2,1-3H3,(H2,19,20,21);1H. The van der Waals surface area contributed by atoms with E-state index >= 15 is 0 Å². The summed E-state index contributed by atoms with van der Waals surface area (Å²) in [4.78, 5) is 9.95. The van der Waals surface area contributed by atoms with Gasteiger partial charge in [0.25, 0.3) is 0 Å². The fourth-order valence-corrected chi connectivity index (χ4v) is 2.70. The first kappa shape index (κ1) is 21.6. The lowest BCUT2D eigenvalue weighted by Gasteiger charge is -2.17. The number of halogens is 2. The van der Waals surface area contributed by atoms with E-state index in [4.69, 9.17) is 4.74 Å². The van der Waals surface area contributed by atoms with E-state index in [9.17, 15) is 4.39 Å². The van der Waals surface area contributed by atoms with Crippen molar-refractivity contribution in [2.75, 3.05) is 13.1 Å². The van der Waals surface area contributed by atoms with Gasteiger partial charge in [0.05, 0.1) is 24.3 Å².